The Bertz CT molecular complexity index is 210. The zero-order valence-electron chi connectivity index (χ0n) is 6.38. The Morgan fingerprint density at radius 2 is 2.36 bits per heavy atom. The maximum Gasteiger partial charge on any atom is 0.213 e. The lowest BCUT2D eigenvalue weighted by Gasteiger charge is -2.01. The van der Waals surface area contributed by atoms with Gasteiger partial charge < -0.3 is 4.74 Å². The highest BCUT2D eigenvalue weighted by atomic mass is 19.1. The molecule has 0 aliphatic heterocycles. The first-order valence-electron chi connectivity index (χ1n) is 3.57. The van der Waals surface area contributed by atoms with Crippen LogP contribution in [0.3, 0.4) is 0 Å². The fourth-order valence-corrected chi connectivity index (χ4v) is 0.668. The molecule has 0 amide bonds. The van der Waals surface area contributed by atoms with Crippen molar-refractivity contribution in [3.8, 4) is 5.75 Å². The molecule has 0 spiro atoms. The molecule has 2 nitrogen and oxygen atoms in total. The van der Waals surface area contributed by atoms with Crippen molar-refractivity contribution in [1.82, 2.24) is 4.98 Å². The lowest BCUT2D eigenvalue weighted by atomic mass is 10.4. The Morgan fingerprint density at radius 1 is 1.55 bits per heavy atom. The third-order valence-electron chi connectivity index (χ3n) is 1.17. The second-order valence-corrected chi connectivity index (χ2v) is 2.17. The highest BCUT2D eigenvalue weighted by Crippen LogP contribution is 2.07. The maximum atomic E-state index is 12.2. The number of pyridine rings is 1. The van der Waals surface area contributed by atoms with Crippen LogP contribution in [0.15, 0.2) is 18.3 Å². The quantitative estimate of drug-likeness (QED) is 0.623. The van der Waals surface area contributed by atoms with Gasteiger partial charge in [0.1, 0.15) is 5.75 Å². The average Bonchev–Trinajstić information content (AvgIpc) is 2.04. The van der Waals surface area contributed by atoms with E-state index < -0.39 is 5.95 Å². The van der Waals surface area contributed by atoms with Crippen molar-refractivity contribution in [3.05, 3.63) is 24.3 Å². The first-order chi connectivity index (χ1) is 5.33. The first kappa shape index (κ1) is 7.98. The van der Waals surface area contributed by atoms with Gasteiger partial charge in [0, 0.05) is 0 Å². The second kappa shape index (κ2) is 3.91. The van der Waals surface area contributed by atoms with Gasteiger partial charge in [-0.15, -0.1) is 0 Å². The van der Waals surface area contributed by atoms with Crippen LogP contribution in [0.2, 0.25) is 0 Å². The third kappa shape index (κ3) is 2.53. The van der Waals surface area contributed by atoms with Gasteiger partial charge in [0.15, 0.2) is 0 Å². The first-order valence-corrected chi connectivity index (χ1v) is 3.57. The monoisotopic (exact) mass is 155 g/mol. The lowest BCUT2D eigenvalue weighted by Crippen LogP contribution is -1.95. The summed E-state index contributed by atoms with van der Waals surface area (Å²) in [6.45, 7) is 2.66. The van der Waals surface area contributed by atoms with E-state index in [1.54, 1.807) is 6.07 Å². The van der Waals surface area contributed by atoms with Crippen LogP contribution in [0.25, 0.3) is 0 Å². The minimum absolute atomic E-state index is 0.478. The molecule has 0 aromatic carbocycles. The standard InChI is InChI=1S/C8H10FNO/c1-2-5-11-7-3-4-8(9)10-6-7/h3-4,6H,2,5H2,1H3. The van der Waals surface area contributed by atoms with Crippen LogP contribution in [0, 0.1) is 5.95 Å². The molecule has 0 saturated heterocycles. The molecule has 1 aromatic rings. The Hall–Kier alpha value is -1.12. The molecule has 0 radical (unpaired) electrons. The van der Waals surface area contributed by atoms with Gasteiger partial charge in [-0.25, -0.2) is 4.98 Å². The van der Waals surface area contributed by atoms with E-state index in [1.807, 2.05) is 6.92 Å². The van der Waals surface area contributed by atoms with Gasteiger partial charge in [-0.05, 0) is 18.6 Å². The van der Waals surface area contributed by atoms with Gasteiger partial charge in [-0.2, -0.15) is 4.39 Å². The van der Waals surface area contributed by atoms with Gasteiger partial charge in [0.25, 0.3) is 0 Å². The van der Waals surface area contributed by atoms with E-state index in [4.69, 9.17) is 4.74 Å². The largest absolute Gasteiger partial charge is 0.492 e. The highest BCUT2D eigenvalue weighted by Gasteiger charge is 1.93. The Kier molecular flexibility index (Phi) is 2.83. The molecule has 11 heavy (non-hydrogen) atoms. The smallest absolute Gasteiger partial charge is 0.213 e. The normalized spacial score (nSPS) is 9.64. The number of rotatable bonds is 3. The van der Waals surface area contributed by atoms with E-state index in [0.717, 1.165) is 6.42 Å². The molecule has 0 unspecified atom stereocenters. The van der Waals surface area contributed by atoms with E-state index in [0.29, 0.717) is 12.4 Å². The number of aromatic nitrogens is 1. The Morgan fingerprint density at radius 3 is 2.91 bits per heavy atom. The van der Waals surface area contributed by atoms with Crippen LogP contribution in [-0.2, 0) is 0 Å². The predicted octanol–water partition coefficient (Wildman–Crippen LogP) is 2.01. The van der Waals surface area contributed by atoms with Gasteiger partial charge in [0.2, 0.25) is 5.95 Å². The fraction of sp³-hybridized carbons (Fsp3) is 0.375. The predicted molar refractivity (Wildman–Crippen MR) is 40.0 cm³/mol. The summed E-state index contributed by atoms with van der Waals surface area (Å²) in [5, 5.41) is 0. The summed E-state index contributed by atoms with van der Waals surface area (Å²) in [7, 11) is 0. The molecule has 1 heterocycles. The minimum atomic E-state index is -0.478. The molecule has 0 aliphatic rings. The minimum Gasteiger partial charge on any atom is -0.492 e. The van der Waals surface area contributed by atoms with Crippen LogP contribution < -0.4 is 4.74 Å². The van der Waals surface area contributed by atoms with Gasteiger partial charge in [-0.3, -0.25) is 0 Å². The molecule has 0 fully saturated rings. The van der Waals surface area contributed by atoms with Gasteiger partial charge >= 0.3 is 0 Å². The van der Waals surface area contributed by atoms with Crippen LogP contribution in [0.5, 0.6) is 5.75 Å². The zero-order valence-corrected chi connectivity index (χ0v) is 6.38. The molecule has 3 heteroatoms. The number of hydrogen-bond acceptors (Lipinski definition) is 2. The van der Waals surface area contributed by atoms with Crippen molar-refractivity contribution >= 4 is 0 Å². The van der Waals surface area contributed by atoms with Crippen molar-refractivity contribution in [2.45, 2.75) is 13.3 Å². The highest BCUT2D eigenvalue weighted by molar-refractivity contribution is 5.15. The third-order valence-corrected chi connectivity index (χ3v) is 1.17. The molecule has 0 aliphatic carbocycles. The molecule has 0 atom stereocenters. The molecular weight excluding hydrogens is 145 g/mol. The van der Waals surface area contributed by atoms with Crippen LogP contribution in [-0.4, -0.2) is 11.6 Å². The number of nitrogens with zero attached hydrogens (tertiary/aromatic N) is 1. The summed E-state index contributed by atoms with van der Waals surface area (Å²) in [5.74, 6) is 0.141. The number of hydrogen-bond donors (Lipinski definition) is 0. The fourth-order valence-electron chi connectivity index (χ4n) is 0.668. The van der Waals surface area contributed by atoms with E-state index in [9.17, 15) is 4.39 Å². The average molecular weight is 155 g/mol. The lowest BCUT2D eigenvalue weighted by molar-refractivity contribution is 0.315. The molecule has 1 rings (SSSR count). The summed E-state index contributed by atoms with van der Waals surface area (Å²) < 4.78 is 17.4. The van der Waals surface area contributed by atoms with Crippen molar-refractivity contribution in [2.24, 2.45) is 0 Å². The molecule has 0 N–H and O–H groups in total. The second-order valence-electron chi connectivity index (χ2n) is 2.17. The van der Waals surface area contributed by atoms with Crippen LogP contribution in [0.4, 0.5) is 4.39 Å². The van der Waals surface area contributed by atoms with Crippen molar-refractivity contribution in [2.75, 3.05) is 6.61 Å². The van der Waals surface area contributed by atoms with Crippen LogP contribution in [0.1, 0.15) is 13.3 Å². The van der Waals surface area contributed by atoms with E-state index in [-0.39, 0.29) is 0 Å². The van der Waals surface area contributed by atoms with E-state index in [1.165, 1.54) is 12.3 Å². The van der Waals surface area contributed by atoms with Crippen molar-refractivity contribution in [1.29, 1.82) is 0 Å². The van der Waals surface area contributed by atoms with Gasteiger partial charge in [-0.1, -0.05) is 6.92 Å². The topological polar surface area (TPSA) is 22.1 Å². The van der Waals surface area contributed by atoms with E-state index in [2.05, 4.69) is 4.98 Å². The van der Waals surface area contributed by atoms with Crippen molar-refractivity contribution < 1.29 is 9.13 Å². The van der Waals surface area contributed by atoms with Crippen LogP contribution >= 0.6 is 0 Å². The summed E-state index contributed by atoms with van der Waals surface area (Å²) >= 11 is 0. The number of halogens is 1. The molecule has 60 valence electrons. The summed E-state index contributed by atoms with van der Waals surface area (Å²) in [4.78, 5) is 3.44. The SMILES string of the molecule is CCCOc1ccc(F)nc1. The summed E-state index contributed by atoms with van der Waals surface area (Å²) in [5.41, 5.74) is 0. The maximum absolute atomic E-state index is 12.2. The van der Waals surface area contributed by atoms with Crippen molar-refractivity contribution in [3.63, 3.8) is 0 Å². The number of ether oxygens (including phenoxy) is 1. The summed E-state index contributed by atoms with van der Waals surface area (Å²) in [6.07, 6.45) is 2.32. The Labute approximate surface area is 65.0 Å². The van der Waals surface area contributed by atoms with E-state index >= 15 is 0 Å². The zero-order chi connectivity index (χ0) is 8.10. The molecule has 0 bridgehead atoms. The molecule has 1 aromatic heterocycles. The summed E-state index contributed by atoms with van der Waals surface area (Å²) in [6, 6.07) is 2.85. The molecule has 0 saturated carbocycles. The van der Waals surface area contributed by atoms with Gasteiger partial charge in [0.05, 0.1) is 12.8 Å². The Balaban J connectivity index is 2.52. The molecular formula is C8H10FNO.